The van der Waals surface area contributed by atoms with Crippen LogP contribution < -0.4 is 9.47 Å². The van der Waals surface area contributed by atoms with Gasteiger partial charge in [-0.3, -0.25) is 0 Å². The summed E-state index contributed by atoms with van der Waals surface area (Å²) in [6.07, 6.45) is 6.26. The van der Waals surface area contributed by atoms with E-state index in [0.717, 1.165) is 6.54 Å². The predicted octanol–water partition coefficient (Wildman–Crippen LogP) is 3.77. The van der Waals surface area contributed by atoms with Gasteiger partial charge in [-0.2, -0.15) is 4.57 Å². The number of aryl methyl sites for hydroxylation is 1. The molecule has 0 saturated carbocycles. The van der Waals surface area contributed by atoms with E-state index in [1.54, 1.807) is 11.3 Å². The smallest absolute Gasteiger partial charge is 0.262 e. The van der Waals surface area contributed by atoms with E-state index in [-0.39, 0.29) is 0 Å². The number of benzene rings is 1. The molecule has 2 nitrogen and oxygen atoms in total. The Kier molecular flexibility index (Phi) is 4.74. The average Bonchev–Trinajstić information content (AvgIpc) is 2.79. The van der Waals surface area contributed by atoms with Crippen molar-refractivity contribution >= 4 is 29.2 Å². The van der Waals surface area contributed by atoms with Gasteiger partial charge in [0.05, 0.1) is 5.38 Å². The molecule has 3 heteroatoms. The van der Waals surface area contributed by atoms with Crippen LogP contribution >= 0.6 is 11.3 Å². The molecule has 0 fully saturated rings. The largest absolute Gasteiger partial charge is 0.378 e. The Morgan fingerprint density at radius 1 is 1.20 bits per heavy atom. The molecule has 0 aliphatic carbocycles. The number of hydrogen-bond acceptors (Lipinski definition) is 2. The molecule has 1 aromatic carbocycles. The van der Waals surface area contributed by atoms with Gasteiger partial charge in [-0.05, 0) is 29.8 Å². The summed E-state index contributed by atoms with van der Waals surface area (Å²) in [5.41, 5.74) is 3.71. The molecule has 0 radical (unpaired) electrons. The van der Waals surface area contributed by atoms with E-state index in [2.05, 4.69) is 78.9 Å². The minimum atomic E-state index is 0.856. The van der Waals surface area contributed by atoms with Gasteiger partial charge in [-0.1, -0.05) is 30.0 Å². The summed E-state index contributed by atoms with van der Waals surface area (Å²) in [7, 11) is 4.11. The van der Waals surface area contributed by atoms with Crippen molar-refractivity contribution in [3.05, 3.63) is 58.6 Å². The van der Waals surface area contributed by atoms with Crippen LogP contribution in [-0.4, -0.2) is 14.1 Å². The molecule has 0 aliphatic heterocycles. The highest BCUT2D eigenvalue weighted by Gasteiger charge is 2.12. The maximum Gasteiger partial charge on any atom is 0.262 e. The lowest BCUT2D eigenvalue weighted by atomic mass is 10.2. The highest BCUT2D eigenvalue weighted by atomic mass is 32.1. The Morgan fingerprint density at radius 2 is 1.90 bits per heavy atom. The van der Waals surface area contributed by atoms with E-state index in [9.17, 15) is 0 Å². The minimum absolute atomic E-state index is 0.856. The van der Waals surface area contributed by atoms with Gasteiger partial charge < -0.3 is 4.90 Å². The lowest BCUT2D eigenvalue weighted by molar-refractivity contribution is -0.689. The van der Waals surface area contributed by atoms with Gasteiger partial charge in [-0.25, -0.2) is 0 Å². The number of allylic oxidation sites excluding steroid dienone is 1. The fourth-order valence-corrected chi connectivity index (χ4v) is 2.90. The molecule has 0 aliphatic rings. The first-order valence-corrected chi connectivity index (χ1v) is 7.54. The zero-order chi connectivity index (χ0) is 14.5. The van der Waals surface area contributed by atoms with E-state index in [4.69, 9.17) is 0 Å². The molecular weight excluding hydrogens is 264 g/mol. The van der Waals surface area contributed by atoms with Gasteiger partial charge in [0.1, 0.15) is 0 Å². The summed E-state index contributed by atoms with van der Waals surface area (Å²) in [4.78, 5) is 2.11. The van der Waals surface area contributed by atoms with E-state index >= 15 is 0 Å². The average molecular weight is 285 g/mol. The molecule has 2 rings (SSSR count). The number of rotatable bonds is 5. The van der Waals surface area contributed by atoms with E-state index in [0.29, 0.717) is 0 Å². The number of anilines is 1. The molecule has 0 bridgehead atoms. The molecule has 0 spiro atoms. The Bertz CT molecular complexity index is 606. The van der Waals surface area contributed by atoms with Gasteiger partial charge in [0.2, 0.25) is 0 Å². The molecule has 0 saturated heterocycles. The fraction of sp³-hybridized carbons (Fsp3) is 0.235. The lowest BCUT2D eigenvalue weighted by Gasteiger charge is -2.11. The highest BCUT2D eigenvalue weighted by Crippen LogP contribution is 2.15. The van der Waals surface area contributed by atoms with Gasteiger partial charge >= 0.3 is 0 Å². The van der Waals surface area contributed by atoms with Crippen LogP contribution in [0.5, 0.6) is 0 Å². The summed E-state index contributed by atoms with van der Waals surface area (Å²) < 4.78 is 2.27. The quantitative estimate of drug-likeness (QED) is 0.599. The molecule has 0 N–H and O–H groups in total. The van der Waals surface area contributed by atoms with Crippen LogP contribution in [0.1, 0.15) is 16.3 Å². The van der Waals surface area contributed by atoms with Crippen LogP contribution in [0.2, 0.25) is 0 Å². The minimum Gasteiger partial charge on any atom is -0.378 e. The van der Waals surface area contributed by atoms with Crippen LogP contribution in [0.3, 0.4) is 0 Å². The van der Waals surface area contributed by atoms with Crippen LogP contribution in [0.15, 0.2) is 42.3 Å². The van der Waals surface area contributed by atoms with Crippen LogP contribution in [0.25, 0.3) is 12.2 Å². The molecule has 1 aromatic heterocycles. The summed E-state index contributed by atoms with van der Waals surface area (Å²) in [6.45, 7) is 6.80. The molecular formula is C17H21N2S+. The zero-order valence-corrected chi connectivity index (χ0v) is 13.2. The summed E-state index contributed by atoms with van der Waals surface area (Å²) in [6, 6.07) is 8.56. The Morgan fingerprint density at radius 3 is 2.50 bits per heavy atom. The lowest BCUT2D eigenvalue weighted by Crippen LogP contribution is -2.36. The molecule has 104 valence electrons. The first-order chi connectivity index (χ1) is 9.61. The highest BCUT2D eigenvalue weighted by molar-refractivity contribution is 7.10. The van der Waals surface area contributed by atoms with Crippen LogP contribution in [-0.2, 0) is 6.54 Å². The van der Waals surface area contributed by atoms with Crippen molar-refractivity contribution < 1.29 is 4.57 Å². The summed E-state index contributed by atoms with van der Waals surface area (Å²) in [5, 5.41) is 3.43. The Hall–Kier alpha value is -1.87. The first kappa shape index (κ1) is 14.5. The third-order valence-corrected chi connectivity index (χ3v) is 4.24. The molecule has 0 unspecified atom stereocenters. The van der Waals surface area contributed by atoms with E-state index in [1.807, 2.05) is 6.08 Å². The standard InChI is InChI=1S/C17H21N2S/c1-5-12-19-14(2)13-20-17(19)11-8-15-6-9-16(10-7-15)18(3)4/h5-11,13H,1,12H2,2-4H3/q+1. The topological polar surface area (TPSA) is 7.12 Å². The van der Waals surface area contributed by atoms with Gasteiger partial charge in [0.25, 0.3) is 5.01 Å². The second-order valence-corrected chi connectivity index (χ2v) is 5.82. The first-order valence-electron chi connectivity index (χ1n) is 6.66. The predicted molar refractivity (Wildman–Crippen MR) is 89.1 cm³/mol. The Labute approximate surface area is 125 Å². The molecule has 0 amide bonds. The maximum atomic E-state index is 3.82. The monoisotopic (exact) mass is 285 g/mol. The van der Waals surface area contributed by atoms with Crippen molar-refractivity contribution in [2.24, 2.45) is 0 Å². The van der Waals surface area contributed by atoms with Crippen LogP contribution in [0, 0.1) is 6.92 Å². The van der Waals surface area contributed by atoms with Crippen molar-refractivity contribution in [3.8, 4) is 0 Å². The molecule has 1 heterocycles. The van der Waals surface area contributed by atoms with Gasteiger partial charge in [0, 0.05) is 32.8 Å². The number of thiazole rings is 1. The van der Waals surface area contributed by atoms with Crippen molar-refractivity contribution in [1.29, 1.82) is 0 Å². The fourth-order valence-electron chi connectivity index (χ4n) is 1.99. The van der Waals surface area contributed by atoms with E-state index < -0.39 is 0 Å². The molecule has 0 atom stereocenters. The normalized spacial score (nSPS) is 10.9. The van der Waals surface area contributed by atoms with Crippen molar-refractivity contribution in [2.45, 2.75) is 13.5 Å². The van der Waals surface area contributed by atoms with Gasteiger partial charge in [0.15, 0.2) is 12.2 Å². The van der Waals surface area contributed by atoms with Gasteiger partial charge in [-0.15, -0.1) is 0 Å². The second kappa shape index (κ2) is 6.53. The zero-order valence-electron chi connectivity index (χ0n) is 12.3. The second-order valence-electron chi connectivity index (χ2n) is 4.93. The van der Waals surface area contributed by atoms with Crippen molar-refractivity contribution in [3.63, 3.8) is 0 Å². The molecule has 2 aromatic rings. The SMILES string of the molecule is C=CC[n+]1c(C)csc1/C=C/c1ccc(N(C)C)cc1. The molecule has 20 heavy (non-hydrogen) atoms. The third-order valence-electron chi connectivity index (χ3n) is 3.18. The van der Waals surface area contributed by atoms with Crippen molar-refractivity contribution in [2.75, 3.05) is 19.0 Å². The Balaban J connectivity index is 2.18. The maximum absolute atomic E-state index is 3.82. The summed E-state index contributed by atoms with van der Waals surface area (Å²) in [5.74, 6) is 0. The third kappa shape index (κ3) is 3.36. The summed E-state index contributed by atoms with van der Waals surface area (Å²) >= 11 is 1.76. The van der Waals surface area contributed by atoms with Crippen LogP contribution in [0.4, 0.5) is 5.69 Å². The number of hydrogen-bond donors (Lipinski definition) is 0. The van der Waals surface area contributed by atoms with Crippen molar-refractivity contribution in [1.82, 2.24) is 0 Å². The van der Waals surface area contributed by atoms with E-state index in [1.165, 1.54) is 22.0 Å². The number of nitrogens with zero attached hydrogens (tertiary/aromatic N) is 2. The number of aromatic nitrogens is 1.